The Bertz CT molecular complexity index is 958. The molecule has 8 heteroatoms. The number of rotatable bonds is 5. The number of nitrogens with one attached hydrogen (secondary N) is 1. The Morgan fingerprint density at radius 3 is 2.39 bits per heavy atom. The van der Waals surface area contributed by atoms with Crippen LogP contribution in [0.2, 0.25) is 5.02 Å². The van der Waals surface area contributed by atoms with E-state index in [-0.39, 0.29) is 27.3 Å². The van der Waals surface area contributed by atoms with Crippen LogP contribution >= 0.6 is 11.6 Å². The van der Waals surface area contributed by atoms with E-state index in [1.165, 1.54) is 34.6 Å². The van der Waals surface area contributed by atoms with Gasteiger partial charge in [-0.2, -0.15) is 4.31 Å². The minimum Gasteiger partial charge on any atom is -0.346 e. The molecule has 3 rings (SSSR count). The molecule has 1 heterocycles. The van der Waals surface area contributed by atoms with Gasteiger partial charge in [0.05, 0.1) is 11.1 Å². The summed E-state index contributed by atoms with van der Waals surface area (Å²) in [5, 5.41) is 2.89. The van der Waals surface area contributed by atoms with Crippen LogP contribution in [0.25, 0.3) is 0 Å². The Balaban J connectivity index is 1.82. The van der Waals surface area contributed by atoms with Crippen molar-refractivity contribution in [3.63, 3.8) is 0 Å². The number of hydrogen-bond donors (Lipinski definition) is 1. The van der Waals surface area contributed by atoms with E-state index in [0.717, 1.165) is 24.8 Å². The predicted octanol–water partition coefficient (Wildman–Crippen LogP) is 4.14. The van der Waals surface area contributed by atoms with E-state index in [1.807, 2.05) is 0 Å². The quantitative estimate of drug-likeness (QED) is 0.784. The molecular formula is C20H22ClFN2O3S. The van der Waals surface area contributed by atoms with Crippen LogP contribution in [0.3, 0.4) is 0 Å². The zero-order valence-corrected chi connectivity index (χ0v) is 17.1. The standard InChI is InChI=1S/C20H22ClFN2O3S/c1-14(15-5-8-17(22)9-6-15)23-20(25)16-7-10-18(21)19(13-16)28(26,27)24-11-3-2-4-12-24/h5-10,13-14H,2-4,11-12H2,1H3,(H,23,25). The molecule has 150 valence electrons. The number of hydrogen-bond acceptors (Lipinski definition) is 3. The third-order valence-electron chi connectivity index (χ3n) is 4.84. The molecule has 0 radical (unpaired) electrons. The number of piperidine rings is 1. The molecule has 1 saturated heterocycles. The van der Waals surface area contributed by atoms with Gasteiger partial charge in [0.2, 0.25) is 10.0 Å². The first-order valence-electron chi connectivity index (χ1n) is 9.15. The number of carbonyl (C=O) groups excluding carboxylic acids is 1. The number of benzene rings is 2. The summed E-state index contributed by atoms with van der Waals surface area (Å²) in [4.78, 5) is 12.6. The Morgan fingerprint density at radius 1 is 1.11 bits per heavy atom. The minimum atomic E-state index is -3.75. The highest BCUT2D eigenvalue weighted by atomic mass is 35.5. The van der Waals surface area contributed by atoms with E-state index in [4.69, 9.17) is 11.6 Å². The van der Waals surface area contributed by atoms with Crippen molar-refractivity contribution < 1.29 is 17.6 Å². The first kappa shape index (κ1) is 20.8. The molecule has 1 atom stereocenters. The Kier molecular flexibility index (Phi) is 6.37. The lowest BCUT2D eigenvalue weighted by atomic mass is 10.1. The molecule has 1 unspecified atom stereocenters. The van der Waals surface area contributed by atoms with Crippen molar-refractivity contribution >= 4 is 27.5 Å². The van der Waals surface area contributed by atoms with Crippen molar-refractivity contribution in [1.82, 2.24) is 9.62 Å². The zero-order valence-electron chi connectivity index (χ0n) is 15.5. The SMILES string of the molecule is CC(NC(=O)c1ccc(Cl)c(S(=O)(=O)N2CCCCC2)c1)c1ccc(F)cc1. The molecule has 1 aliphatic rings. The predicted molar refractivity (Wildman–Crippen MR) is 106 cm³/mol. The van der Waals surface area contributed by atoms with E-state index in [2.05, 4.69) is 5.32 Å². The van der Waals surface area contributed by atoms with Gasteiger partial charge in [-0.3, -0.25) is 4.79 Å². The van der Waals surface area contributed by atoms with Gasteiger partial charge in [-0.25, -0.2) is 12.8 Å². The Hall–Kier alpha value is -1.96. The summed E-state index contributed by atoms with van der Waals surface area (Å²) in [7, 11) is -3.75. The van der Waals surface area contributed by atoms with E-state index in [1.54, 1.807) is 19.1 Å². The fourth-order valence-electron chi connectivity index (χ4n) is 3.20. The summed E-state index contributed by atoms with van der Waals surface area (Å²) >= 11 is 6.15. The van der Waals surface area contributed by atoms with Crippen LogP contribution in [0, 0.1) is 5.82 Å². The Labute approximate surface area is 169 Å². The monoisotopic (exact) mass is 424 g/mol. The molecule has 5 nitrogen and oxygen atoms in total. The van der Waals surface area contributed by atoms with Crippen molar-refractivity contribution in [2.75, 3.05) is 13.1 Å². The number of sulfonamides is 1. The van der Waals surface area contributed by atoms with E-state index < -0.39 is 15.9 Å². The van der Waals surface area contributed by atoms with Crippen molar-refractivity contribution in [2.24, 2.45) is 0 Å². The number of nitrogens with zero attached hydrogens (tertiary/aromatic N) is 1. The molecule has 0 aromatic heterocycles. The molecule has 0 bridgehead atoms. The first-order valence-corrected chi connectivity index (χ1v) is 11.0. The molecule has 1 N–H and O–H groups in total. The molecule has 1 aliphatic heterocycles. The summed E-state index contributed by atoms with van der Waals surface area (Å²) < 4.78 is 40.3. The van der Waals surface area contributed by atoms with E-state index in [0.29, 0.717) is 13.1 Å². The van der Waals surface area contributed by atoms with Crippen LogP contribution in [0.15, 0.2) is 47.4 Å². The van der Waals surface area contributed by atoms with Crippen LogP contribution in [0.1, 0.15) is 48.1 Å². The molecule has 2 aromatic rings. The maximum atomic E-state index is 13.1. The van der Waals surface area contributed by atoms with E-state index in [9.17, 15) is 17.6 Å². The fraction of sp³-hybridized carbons (Fsp3) is 0.350. The van der Waals surface area contributed by atoms with Gasteiger partial charge in [0.1, 0.15) is 10.7 Å². The molecule has 0 saturated carbocycles. The van der Waals surface area contributed by atoms with Crippen molar-refractivity contribution in [1.29, 1.82) is 0 Å². The highest BCUT2D eigenvalue weighted by Crippen LogP contribution is 2.28. The lowest BCUT2D eigenvalue weighted by Gasteiger charge is -2.26. The van der Waals surface area contributed by atoms with Crippen LogP contribution in [-0.4, -0.2) is 31.7 Å². The third-order valence-corrected chi connectivity index (χ3v) is 7.22. The van der Waals surface area contributed by atoms with Gasteiger partial charge in [0.15, 0.2) is 0 Å². The third kappa shape index (κ3) is 4.54. The van der Waals surface area contributed by atoms with Crippen molar-refractivity contribution in [2.45, 2.75) is 37.1 Å². The second kappa shape index (κ2) is 8.59. The zero-order chi connectivity index (χ0) is 20.3. The summed E-state index contributed by atoms with van der Waals surface area (Å²) in [6, 6.07) is 9.70. The summed E-state index contributed by atoms with van der Waals surface area (Å²) in [5.41, 5.74) is 0.943. The largest absolute Gasteiger partial charge is 0.346 e. The minimum absolute atomic E-state index is 0.0573. The second-order valence-corrected chi connectivity index (χ2v) is 9.17. The lowest BCUT2D eigenvalue weighted by Crippen LogP contribution is -2.36. The maximum Gasteiger partial charge on any atom is 0.251 e. The summed E-state index contributed by atoms with van der Waals surface area (Å²) in [6.07, 6.45) is 2.63. The normalized spacial score (nSPS) is 16.5. The van der Waals surface area contributed by atoms with Gasteiger partial charge >= 0.3 is 0 Å². The Morgan fingerprint density at radius 2 is 1.75 bits per heavy atom. The average Bonchev–Trinajstić information content (AvgIpc) is 2.69. The highest BCUT2D eigenvalue weighted by Gasteiger charge is 2.29. The van der Waals surface area contributed by atoms with Gasteiger partial charge in [0.25, 0.3) is 5.91 Å². The molecule has 0 spiro atoms. The smallest absolute Gasteiger partial charge is 0.251 e. The molecule has 1 amide bonds. The fourth-order valence-corrected chi connectivity index (χ4v) is 5.22. The summed E-state index contributed by atoms with van der Waals surface area (Å²) in [6.45, 7) is 2.68. The van der Waals surface area contributed by atoms with Crippen molar-refractivity contribution in [3.05, 3.63) is 64.4 Å². The van der Waals surface area contributed by atoms with Crippen LogP contribution in [0.5, 0.6) is 0 Å². The van der Waals surface area contributed by atoms with E-state index >= 15 is 0 Å². The number of amides is 1. The van der Waals surface area contributed by atoms with Gasteiger partial charge in [-0.1, -0.05) is 30.2 Å². The number of halogens is 2. The molecule has 2 aromatic carbocycles. The van der Waals surface area contributed by atoms with Gasteiger partial charge < -0.3 is 5.32 Å². The topological polar surface area (TPSA) is 66.5 Å². The summed E-state index contributed by atoms with van der Waals surface area (Å²) in [5.74, 6) is -0.781. The molecule has 0 aliphatic carbocycles. The number of carbonyl (C=O) groups is 1. The van der Waals surface area contributed by atoms with Gasteiger partial charge in [0, 0.05) is 18.7 Å². The maximum absolute atomic E-state index is 13.1. The molecule has 28 heavy (non-hydrogen) atoms. The average molecular weight is 425 g/mol. The van der Waals surface area contributed by atoms with Crippen LogP contribution < -0.4 is 5.32 Å². The van der Waals surface area contributed by atoms with Crippen LogP contribution in [-0.2, 0) is 10.0 Å². The second-order valence-electron chi connectivity index (χ2n) is 6.86. The van der Waals surface area contributed by atoms with Crippen LogP contribution in [0.4, 0.5) is 4.39 Å². The molecule has 1 fully saturated rings. The van der Waals surface area contributed by atoms with Gasteiger partial charge in [-0.15, -0.1) is 0 Å². The van der Waals surface area contributed by atoms with Crippen molar-refractivity contribution in [3.8, 4) is 0 Å². The van der Waals surface area contributed by atoms with Gasteiger partial charge in [-0.05, 0) is 55.7 Å². The molecular weight excluding hydrogens is 403 g/mol. The lowest BCUT2D eigenvalue weighted by molar-refractivity contribution is 0.0939. The first-order chi connectivity index (χ1) is 13.3. The highest BCUT2D eigenvalue weighted by molar-refractivity contribution is 7.89.